The van der Waals surface area contributed by atoms with Crippen molar-refractivity contribution >= 4 is 22.9 Å². The van der Waals surface area contributed by atoms with E-state index in [0.717, 1.165) is 11.3 Å². The van der Waals surface area contributed by atoms with Gasteiger partial charge in [0.25, 0.3) is 5.91 Å². The number of hydrogen-bond acceptors (Lipinski definition) is 5. The van der Waals surface area contributed by atoms with Gasteiger partial charge in [-0.05, 0) is 19.1 Å². The maximum atomic E-state index is 11.8. The number of aryl methyl sites for hydroxylation is 1. The summed E-state index contributed by atoms with van der Waals surface area (Å²) in [7, 11) is 0. The molecule has 0 aliphatic carbocycles. The van der Waals surface area contributed by atoms with Gasteiger partial charge >= 0.3 is 0 Å². The molecule has 3 N–H and O–H groups in total. The summed E-state index contributed by atoms with van der Waals surface area (Å²) in [6, 6.07) is 7.55. The molecule has 0 saturated carbocycles. The van der Waals surface area contributed by atoms with Gasteiger partial charge in [0.15, 0.2) is 0 Å². The summed E-state index contributed by atoms with van der Waals surface area (Å²) in [5, 5.41) is 11.3. The van der Waals surface area contributed by atoms with Crippen molar-refractivity contribution in [2.45, 2.75) is 13.5 Å². The Morgan fingerprint density at radius 2 is 2.06 bits per heavy atom. The third-order valence-electron chi connectivity index (χ3n) is 2.15. The van der Waals surface area contributed by atoms with Gasteiger partial charge in [-0.2, -0.15) is 0 Å². The van der Waals surface area contributed by atoms with Crippen LogP contribution >= 0.6 is 11.3 Å². The number of hydrogen-bond donors (Lipinski definition) is 2. The Morgan fingerprint density at radius 1 is 1.35 bits per heavy atom. The van der Waals surface area contributed by atoms with E-state index in [4.69, 9.17) is 5.73 Å². The maximum absolute atomic E-state index is 11.8. The van der Waals surface area contributed by atoms with E-state index >= 15 is 0 Å². The van der Waals surface area contributed by atoms with E-state index in [-0.39, 0.29) is 5.91 Å². The molecule has 0 atom stereocenters. The first-order valence-corrected chi connectivity index (χ1v) is 5.91. The van der Waals surface area contributed by atoms with Crippen molar-refractivity contribution in [2.24, 2.45) is 5.73 Å². The van der Waals surface area contributed by atoms with Crippen LogP contribution in [0.25, 0.3) is 0 Å². The van der Waals surface area contributed by atoms with Gasteiger partial charge in [0.05, 0.1) is 0 Å². The molecule has 88 valence electrons. The highest BCUT2D eigenvalue weighted by Gasteiger charge is 2.12. The Bertz CT molecular complexity index is 521. The molecule has 5 nitrogen and oxygen atoms in total. The van der Waals surface area contributed by atoms with E-state index in [1.54, 1.807) is 0 Å². The number of benzene rings is 1. The molecule has 6 heteroatoms. The highest BCUT2D eigenvalue weighted by Crippen LogP contribution is 2.13. The number of nitrogens with one attached hydrogen (secondary N) is 1. The Morgan fingerprint density at radius 3 is 2.65 bits per heavy atom. The lowest BCUT2D eigenvalue weighted by atomic mass is 10.2. The van der Waals surface area contributed by atoms with Crippen LogP contribution in [-0.4, -0.2) is 16.1 Å². The van der Waals surface area contributed by atoms with Crippen molar-refractivity contribution < 1.29 is 4.79 Å². The number of carbonyl (C=O) groups is 1. The molecule has 1 amide bonds. The topological polar surface area (TPSA) is 80.9 Å². The zero-order valence-electron chi connectivity index (χ0n) is 9.30. The molecular weight excluding hydrogens is 236 g/mol. The first kappa shape index (κ1) is 11.7. The summed E-state index contributed by atoms with van der Waals surface area (Å²) in [5.41, 5.74) is 7.29. The minimum absolute atomic E-state index is 0.258. The number of carbonyl (C=O) groups excluding carboxylic acids is 1. The summed E-state index contributed by atoms with van der Waals surface area (Å²) in [6.45, 7) is 2.29. The molecule has 0 saturated heterocycles. The number of anilines is 1. The average molecular weight is 248 g/mol. The fraction of sp³-hybridized carbons (Fsp3) is 0.182. The van der Waals surface area contributed by atoms with Crippen LogP contribution in [0.5, 0.6) is 0 Å². The SMILES string of the molecule is Cc1ccc(NC(=O)c2nnc(CN)s2)cc1. The third-order valence-corrected chi connectivity index (χ3v) is 3.09. The van der Waals surface area contributed by atoms with Gasteiger partial charge in [-0.15, -0.1) is 10.2 Å². The van der Waals surface area contributed by atoms with E-state index in [9.17, 15) is 4.79 Å². The highest BCUT2D eigenvalue weighted by atomic mass is 32.1. The summed E-state index contributed by atoms with van der Waals surface area (Å²) in [4.78, 5) is 11.8. The standard InChI is InChI=1S/C11H12N4OS/c1-7-2-4-8(5-3-7)13-10(16)11-15-14-9(6-12)17-11/h2-5H,6,12H2,1H3,(H,13,16). The van der Waals surface area contributed by atoms with Crippen molar-refractivity contribution in [3.05, 3.63) is 39.8 Å². The smallest absolute Gasteiger partial charge is 0.286 e. The lowest BCUT2D eigenvalue weighted by Gasteiger charge is -2.02. The van der Waals surface area contributed by atoms with Gasteiger partial charge < -0.3 is 11.1 Å². The Hall–Kier alpha value is -1.79. The number of aromatic nitrogens is 2. The first-order valence-electron chi connectivity index (χ1n) is 5.09. The molecule has 0 unspecified atom stereocenters. The van der Waals surface area contributed by atoms with Crippen LogP contribution in [0.3, 0.4) is 0 Å². The predicted molar refractivity (Wildman–Crippen MR) is 66.9 cm³/mol. The largest absolute Gasteiger partial charge is 0.324 e. The number of rotatable bonds is 3. The van der Waals surface area contributed by atoms with Crippen LogP contribution in [0.4, 0.5) is 5.69 Å². The molecule has 0 fully saturated rings. The molecule has 2 rings (SSSR count). The van der Waals surface area contributed by atoms with Crippen LogP contribution in [0.2, 0.25) is 0 Å². The second-order valence-corrected chi connectivity index (χ2v) is 4.59. The Kier molecular flexibility index (Phi) is 3.46. The lowest BCUT2D eigenvalue weighted by molar-refractivity contribution is 0.102. The molecule has 0 spiro atoms. The second kappa shape index (κ2) is 5.03. The van der Waals surface area contributed by atoms with Crippen molar-refractivity contribution in [1.29, 1.82) is 0 Å². The van der Waals surface area contributed by atoms with Crippen LogP contribution in [0.1, 0.15) is 20.4 Å². The zero-order chi connectivity index (χ0) is 12.3. The highest BCUT2D eigenvalue weighted by molar-refractivity contribution is 7.13. The average Bonchev–Trinajstić information content (AvgIpc) is 2.81. The number of nitrogens with two attached hydrogens (primary N) is 1. The van der Waals surface area contributed by atoms with E-state index in [1.807, 2.05) is 31.2 Å². The zero-order valence-corrected chi connectivity index (χ0v) is 10.1. The third kappa shape index (κ3) is 2.86. The fourth-order valence-electron chi connectivity index (χ4n) is 1.25. The molecule has 1 heterocycles. The lowest BCUT2D eigenvalue weighted by Crippen LogP contribution is -2.11. The molecule has 0 bridgehead atoms. The molecule has 1 aromatic carbocycles. The van der Waals surface area contributed by atoms with E-state index in [2.05, 4.69) is 15.5 Å². The van der Waals surface area contributed by atoms with Gasteiger partial charge in [0.1, 0.15) is 5.01 Å². The maximum Gasteiger partial charge on any atom is 0.286 e. The monoisotopic (exact) mass is 248 g/mol. The van der Waals surface area contributed by atoms with Crippen LogP contribution in [-0.2, 0) is 6.54 Å². The summed E-state index contributed by atoms with van der Waals surface area (Å²) in [6.07, 6.45) is 0. The normalized spacial score (nSPS) is 10.2. The van der Waals surface area contributed by atoms with Crippen LogP contribution < -0.4 is 11.1 Å². The molecule has 17 heavy (non-hydrogen) atoms. The van der Waals surface area contributed by atoms with Gasteiger partial charge in [-0.3, -0.25) is 4.79 Å². The summed E-state index contributed by atoms with van der Waals surface area (Å²) < 4.78 is 0. The van der Waals surface area contributed by atoms with E-state index in [1.165, 1.54) is 11.3 Å². The van der Waals surface area contributed by atoms with E-state index in [0.29, 0.717) is 16.6 Å². The molecule has 0 aliphatic rings. The molecule has 0 radical (unpaired) electrons. The first-order chi connectivity index (χ1) is 8.19. The fourth-order valence-corrected chi connectivity index (χ4v) is 1.86. The predicted octanol–water partition coefficient (Wildman–Crippen LogP) is 1.56. The molecule has 1 aromatic heterocycles. The number of amides is 1. The quantitative estimate of drug-likeness (QED) is 0.863. The van der Waals surface area contributed by atoms with Crippen LogP contribution in [0.15, 0.2) is 24.3 Å². The van der Waals surface area contributed by atoms with Gasteiger partial charge in [-0.1, -0.05) is 29.0 Å². The van der Waals surface area contributed by atoms with Gasteiger partial charge in [-0.25, -0.2) is 0 Å². The second-order valence-electron chi connectivity index (χ2n) is 3.53. The molecule has 0 aliphatic heterocycles. The van der Waals surface area contributed by atoms with Gasteiger partial charge in [0, 0.05) is 12.2 Å². The van der Waals surface area contributed by atoms with Crippen molar-refractivity contribution in [1.82, 2.24) is 10.2 Å². The Balaban J connectivity index is 2.08. The Labute approximate surface area is 103 Å². The van der Waals surface area contributed by atoms with Gasteiger partial charge in [0.2, 0.25) is 5.01 Å². The minimum atomic E-state index is -0.258. The summed E-state index contributed by atoms with van der Waals surface area (Å²) >= 11 is 1.20. The molecular formula is C11H12N4OS. The van der Waals surface area contributed by atoms with Crippen LogP contribution in [0, 0.1) is 6.92 Å². The van der Waals surface area contributed by atoms with Crippen molar-refractivity contribution in [2.75, 3.05) is 5.32 Å². The minimum Gasteiger partial charge on any atom is -0.324 e. The number of nitrogens with zero attached hydrogens (tertiary/aromatic N) is 2. The molecule has 2 aromatic rings. The van der Waals surface area contributed by atoms with E-state index < -0.39 is 0 Å². The summed E-state index contributed by atoms with van der Waals surface area (Å²) in [5.74, 6) is -0.258. The van der Waals surface area contributed by atoms with Crippen molar-refractivity contribution in [3.63, 3.8) is 0 Å². The van der Waals surface area contributed by atoms with Crippen molar-refractivity contribution in [3.8, 4) is 0 Å².